The molecule has 0 unspecified atom stereocenters. The highest BCUT2D eigenvalue weighted by atomic mass is 35.5. The van der Waals surface area contributed by atoms with Crippen molar-refractivity contribution in [2.45, 2.75) is 39.5 Å². The van der Waals surface area contributed by atoms with Crippen molar-refractivity contribution in [3.05, 3.63) is 16.5 Å². The molecule has 2 heterocycles. The van der Waals surface area contributed by atoms with Crippen LogP contribution in [0, 0.1) is 12.8 Å². The molecule has 2 rings (SSSR count). The topological polar surface area (TPSA) is 32.3 Å². The van der Waals surface area contributed by atoms with E-state index in [4.69, 9.17) is 16.6 Å². The summed E-state index contributed by atoms with van der Waals surface area (Å²) < 4.78 is 0. The smallest absolute Gasteiger partial charge is 0.137 e. The first-order valence-corrected chi connectivity index (χ1v) is 8.31. The van der Waals surface area contributed by atoms with E-state index in [9.17, 15) is 0 Å². The Balaban J connectivity index is 2.08. The number of likely N-dealkylation sites (tertiary alicyclic amines) is 1. The molecule has 0 aliphatic carbocycles. The van der Waals surface area contributed by atoms with Crippen LogP contribution < -0.4 is 4.90 Å². The van der Waals surface area contributed by atoms with Gasteiger partial charge in [0.2, 0.25) is 0 Å². The van der Waals surface area contributed by atoms with Crippen LogP contribution in [0.3, 0.4) is 0 Å². The molecule has 0 aromatic carbocycles. The van der Waals surface area contributed by atoms with Crippen molar-refractivity contribution >= 4 is 17.4 Å². The second kappa shape index (κ2) is 7.41. The molecular formula is C16H27ClN4. The predicted octanol–water partition coefficient (Wildman–Crippen LogP) is 3.17. The van der Waals surface area contributed by atoms with Gasteiger partial charge in [-0.05, 0) is 52.2 Å². The highest BCUT2D eigenvalue weighted by Gasteiger charge is 2.20. The lowest BCUT2D eigenvalue weighted by Gasteiger charge is -2.32. The van der Waals surface area contributed by atoms with Crippen LogP contribution >= 0.6 is 11.6 Å². The van der Waals surface area contributed by atoms with Gasteiger partial charge in [0.1, 0.15) is 16.8 Å². The van der Waals surface area contributed by atoms with E-state index < -0.39 is 0 Å². The summed E-state index contributed by atoms with van der Waals surface area (Å²) in [5.74, 6) is 2.60. The van der Waals surface area contributed by atoms with Crippen LogP contribution in [-0.2, 0) is 6.42 Å². The number of hydrogen-bond acceptors (Lipinski definition) is 4. The third-order valence-corrected chi connectivity index (χ3v) is 4.68. The lowest BCUT2D eigenvalue weighted by Crippen LogP contribution is -2.36. The van der Waals surface area contributed by atoms with Crippen LogP contribution in [0.5, 0.6) is 0 Å². The van der Waals surface area contributed by atoms with Gasteiger partial charge in [0.05, 0.1) is 0 Å². The Morgan fingerprint density at radius 1 is 1.29 bits per heavy atom. The average molecular weight is 311 g/mol. The zero-order valence-electron chi connectivity index (χ0n) is 13.7. The maximum absolute atomic E-state index is 6.28. The van der Waals surface area contributed by atoms with Gasteiger partial charge in [0, 0.05) is 25.6 Å². The highest BCUT2D eigenvalue weighted by Crippen LogP contribution is 2.25. The lowest BCUT2D eigenvalue weighted by molar-refractivity contribution is 0.222. The summed E-state index contributed by atoms with van der Waals surface area (Å²) in [6, 6.07) is 0. The third-order valence-electron chi connectivity index (χ3n) is 4.31. The molecule has 21 heavy (non-hydrogen) atoms. The number of aromatic nitrogens is 2. The molecule has 0 spiro atoms. The van der Waals surface area contributed by atoms with Crippen molar-refractivity contribution in [2.24, 2.45) is 5.92 Å². The number of nitrogens with zero attached hydrogens (tertiary/aromatic N) is 4. The first-order chi connectivity index (χ1) is 10.0. The number of halogens is 1. The molecule has 0 bridgehead atoms. The molecule has 1 aliphatic heterocycles. The summed E-state index contributed by atoms with van der Waals surface area (Å²) in [5.41, 5.74) is 0.993. The van der Waals surface area contributed by atoms with Gasteiger partial charge in [-0.25, -0.2) is 9.97 Å². The van der Waals surface area contributed by atoms with Gasteiger partial charge in [-0.3, -0.25) is 0 Å². The standard InChI is InChI=1S/C16H27ClN4/c1-5-6-14-18-15(17)12(2)16(19-14)21(4)11-13-7-9-20(3)10-8-13/h13H,5-11H2,1-4H3. The van der Waals surface area contributed by atoms with Crippen molar-refractivity contribution in [1.82, 2.24) is 14.9 Å². The Morgan fingerprint density at radius 2 is 1.95 bits per heavy atom. The molecule has 4 nitrogen and oxygen atoms in total. The van der Waals surface area contributed by atoms with E-state index >= 15 is 0 Å². The van der Waals surface area contributed by atoms with E-state index in [2.05, 4.69) is 35.8 Å². The van der Waals surface area contributed by atoms with Crippen molar-refractivity contribution < 1.29 is 0 Å². The number of aryl methyl sites for hydroxylation is 1. The molecule has 0 saturated carbocycles. The van der Waals surface area contributed by atoms with E-state index in [0.717, 1.165) is 42.5 Å². The van der Waals surface area contributed by atoms with Crippen molar-refractivity contribution in [1.29, 1.82) is 0 Å². The van der Waals surface area contributed by atoms with Crippen LogP contribution in [0.1, 0.15) is 37.6 Å². The molecule has 0 N–H and O–H groups in total. The Morgan fingerprint density at radius 3 is 2.57 bits per heavy atom. The van der Waals surface area contributed by atoms with Gasteiger partial charge < -0.3 is 9.80 Å². The molecule has 0 amide bonds. The average Bonchev–Trinajstić information content (AvgIpc) is 2.45. The van der Waals surface area contributed by atoms with Gasteiger partial charge in [-0.1, -0.05) is 18.5 Å². The zero-order chi connectivity index (χ0) is 15.4. The molecule has 1 fully saturated rings. The van der Waals surface area contributed by atoms with E-state index in [1.165, 1.54) is 25.9 Å². The highest BCUT2D eigenvalue weighted by molar-refractivity contribution is 6.30. The zero-order valence-corrected chi connectivity index (χ0v) is 14.4. The van der Waals surface area contributed by atoms with Gasteiger partial charge in [0.15, 0.2) is 0 Å². The molecule has 0 atom stereocenters. The molecule has 1 aromatic heterocycles. The number of hydrogen-bond donors (Lipinski definition) is 0. The fourth-order valence-electron chi connectivity index (χ4n) is 2.95. The second-order valence-electron chi connectivity index (χ2n) is 6.26. The molecule has 1 aromatic rings. The molecule has 118 valence electrons. The maximum Gasteiger partial charge on any atom is 0.137 e. The third kappa shape index (κ3) is 4.30. The fourth-order valence-corrected chi connectivity index (χ4v) is 3.13. The van der Waals surface area contributed by atoms with E-state index in [0.29, 0.717) is 5.15 Å². The summed E-state index contributed by atoms with van der Waals surface area (Å²) in [6.45, 7) is 7.59. The second-order valence-corrected chi connectivity index (χ2v) is 6.61. The quantitative estimate of drug-likeness (QED) is 0.782. The van der Waals surface area contributed by atoms with Gasteiger partial charge >= 0.3 is 0 Å². The molecule has 1 saturated heterocycles. The number of piperidine rings is 1. The van der Waals surface area contributed by atoms with Crippen LogP contribution in [-0.4, -0.2) is 48.6 Å². The summed E-state index contributed by atoms with van der Waals surface area (Å²) >= 11 is 6.28. The van der Waals surface area contributed by atoms with Gasteiger partial charge in [-0.15, -0.1) is 0 Å². The Labute approximate surface area is 133 Å². The van der Waals surface area contributed by atoms with Crippen LogP contribution in [0.15, 0.2) is 0 Å². The summed E-state index contributed by atoms with van der Waals surface area (Å²) in [7, 11) is 4.32. The first kappa shape index (κ1) is 16.5. The minimum Gasteiger partial charge on any atom is -0.359 e. The summed E-state index contributed by atoms with van der Waals surface area (Å²) in [6.07, 6.45) is 4.45. The monoisotopic (exact) mass is 310 g/mol. The minimum absolute atomic E-state index is 0.596. The van der Waals surface area contributed by atoms with Gasteiger partial charge in [0.25, 0.3) is 0 Å². The van der Waals surface area contributed by atoms with Crippen LogP contribution in [0.4, 0.5) is 5.82 Å². The molecule has 0 radical (unpaired) electrons. The van der Waals surface area contributed by atoms with Crippen LogP contribution in [0.2, 0.25) is 5.15 Å². The van der Waals surface area contributed by atoms with E-state index in [1.54, 1.807) is 0 Å². The number of anilines is 1. The Bertz CT molecular complexity index is 470. The van der Waals surface area contributed by atoms with Gasteiger partial charge in [-0.2, -0.15) is 0 Å². The molecule has 1 aliphatic rings. The van der Waals surface area contributed by atoms with Crippen LogP contribution in [0.25, 0.3) is 0 Å². The minimum atomic E-state index is 0.596. The first-order valence-electron chi connectivity index (χ1n) is 7.94. The largest absolute Gasteiger partial charge is 0.359 e. The number of rotatable bonds is 5. The Kier molecular flexibility index (Phi) is 5.82. The van der Waals surface area contributed by atoms with E-state index in [-0.39, 0.29) is 0 Å². The van der Waals surface area contributed by atoms with Crippen molar-refractivity contribution in [3.8, 4) is 0 Å². The molecule has 5 heteroatoms. The van der Waals surface area contributed by atoms with E-state index in [1.807, 2.05) is 6.92 Å². The summed E-state index contributed by atoms with van der Waals surface area (Å²) in [5, 5.41) is 0.596. The maximum atomic E-state index is 6.28. The van der Waals surface area contributed by atoms with Crippen molar-refractivity contribution in [2.75, 3.05) is 38.6 Å². The Hall–Kier alpha value is -0.870. The fraction of sp³-hybridized carbons (Fsp3) is 0.750. The lowest BCUT2D eigenvalue weighted by atomic mass is 9.96. The predicted molar refractivity (Wildman–Crippen MR) is 89.3 cm³/mol. The SMILES string of the molecule is CCCc1nc(Cl)c(C)c(N(C)CC2CCN(C)CC2)n1. The summed E-state index contributed by atoms with van der Waals surface area (Å²) in [4.78, 5) is 13.8. The van der Waals surface area contributed by atoms with Crippen molar-refractivity contribution in [3.63, 3.8) is 0 Å². The normalized spacial score (nSPS) is 17.2. The molecular weight excluding hydrogens is 284 g/mol.